The molecule has 0 spiro atoms. The fourth-order valence-electron chi connectivity index (χ4n) is 3.21. The number of nitriles is 1. The van der Waals surface area contributed by atoms with Crippen LogP contribution in [0.5, 0.6) is 0 Å². The van der Waals surface area contributed by atoms with Crippen LogP contribution in [-0.2, 0) is 0 Å². The minimum atomic E-state index is -0.124. The lowest BCUT2D eigenvalue weighted by Gasteiger charge is -2.33. The molecule has 4 heterocycles. The van der Waals surface area contributed by atoms with Crippen molar-refractivity contribution in [2.45, 2.75) is 18.9 Å². The maximum Gasteiger partial charge on any atom is 0.253 e. The normalized spacial score (nSPS) is 16.9. The quantitative estimate of drug-likeness (QED) is 0.745. The predicted octanol–water partition coefficient (Wildman–Crippen LogP) is 2.05. The highest BCUT2D eigenvalue weighted by atomic mass is 35.5. The first kappa shape index (κ1) is 17.2. The van der Waals surface area contributed by atoms with Gasteiger partial charge in [-0.25, -0.2) is 15.0 Å². The molecule has 1 N–H and O–H groups in total. The van der Waals surface area contributed by atoms with Crippen LogP contribution < -0.4 is 10.2 Å². The fourth-order valence-corrected chi connectivity index (χ4v) is 3.39. The van der Waals surface area contributed by atoms with Crippen LogP contribution in [0.1, 0.15) is 28.9 Å². The number of pyridine rings is 1. The second-order valence-electron chi connectivity index (χ2n) is 6.35. The predicted molar refractivity (Wildman–Crippen MR) is 99.7 cm³/mol. The maximum atomic E-state index is 12.6. The molecule has 9 heteroatoms. The number of nitrogens with zero attached hydrogens (tertiary/aromatic N) is 6. The van der Waals surface area contributed by atoms with Gasteiger partial charge in [-0.3, -0.25) is 4.79 Å². The van der Waals surface area contributed by atoms with Gasteiger partial charge >= 0.3 is 0 Å². The molecule has 0 bridgehead atoms. The van der Waals surface area contributed by atoms with E-state index in [0.717, 1.165) is 25.0 Å². The number of carbonyl (C=O) groups is 1. The Morgan fingerprint density at radius 2 is 2.26 bits per heavy atom. The molecule has 1 saturated heterocycles. The van der Waals surface area contributed by atoms with E-state index in [9.17, 15) is 4.79 Å². The Labute approximate surface area is 160 Å². The highest BCUT2D eigenvalue weighted by molar-refractivity contribution is 6.30. The molecule has 1 aliphatic rings. The minimum Gasteiger partial charge on any atom is -0.353 e. The van der Waals surface area contributed by atoms with E-state index < -0.39 is 0 Å². The molecule has 0 aliphatic carbocycles. The number of hydrogen-bond acceptors (Lipinski definition) is 6. The molecule has 1 fully saturated rings. The van der Waals surface area contributed by atoms with Crippen molar-refractivity contribution in [1.29, 1.82) is 5.26 Å². The first-order valence-corrected chi connectivity index (χ1v) is 8.93. The third-order valence-electron chi connectivity index (χ3n) is 4.55. The smallest absolute Gasteiger partial charge is 0.253 e. The van der Waals surface area contributed by atoms with Crippen LogP contribution >= 0.6 is 11.6 Å². The summed E-state index contributed by atoms with van der Waals surface area (Å²) in [7, 11) is 0. The fraction of sp³-hybridized carbons (Fsp3) is 0.278. The summed E-state index contributed by atoms with van der Waals surface area (Å²) in [5.74, 6) is 0.485. The average molecular weight is 382 g/mol. The third-order valence-corrected chi connectivity index (χ3v) is 4.82. The Morgan fingerprint density at radius 3 is 3.07 bits per heavy atom. The lowest BCUT2D eigenvalue weighted by Crippen LogP contribution is -2.48. The van der Waals surface area contributed by atoms with Gasteiger partial charge in [0.25, 0.3) is 5.91 Å². The number of aromatic nitrogens is 4. The molecule has 4 rings (SSSR count). The minimum absolute atomic E-state index is 0.0130. The monoisotopic (exact) mass is 381 g/mol. The first-order valence-electron chi connectivity index (χ1n) is 8.55. The van der Waals surface area contributed by atoms with Crippen LogP contribution in [0.4, 0.5) is 5.82 Å². The maximum absolute atomic E-state index is 12.6. The molecular formula is C18H16ClN7O. The van der Waals surface area contributed by atoms with Crippen molar-refractivity contribution in [3.63, 3.8) is 0 Å². The number of fused-ring (bicyclic) bond motifs is 1. The highest BCUT2D eigenvalue weighted by Gasteiger charge is 2.23. The summed E-state index contributed by atoms with van der Waals surface area (Å²) in [6, 6.07) is 5.47. The molecule has 1 atom stereocenters. The van der Waals surface area contributed by atoms with Crippen LogP contribution in [0.3, 0.4) is 0 Å². The molecule has 0 radical (unpaired) electrons. The molecule has 0 aromatic carbocycles. The molecule has 0 saturated carbocycles. The lowest BCUT2D eigenvalue weighted by molar-refractivity contribution is 0.0932. The van der Waals surface area contributed by atoms with Gasteiger partial charge in [0.05, 0.1) is 11.8 Å². The summed E-state index contributed by atoms with van der Waals surface area (Å²) in [6.45, 7) is 1.40. The molecule has 3 aromatic rings. The number of nitrogens with one attached hydrogen (secondary N) is 1. The summed E-state index contributed by atoms with van der Waals surface area (Å²) >= 11 is 5.99. The van der Waals surface area contributed by atoms with Crippen LogP contribution in [0, 0.1) is 11.3 Å². The van der Waals surface area contributed by atoms with Crippen LogP contribution in [0.15, 0.2) is 36.9 Å². The van der Waals surface area contributed by atoms with E-state index in [2.05, 4.69) is 20.3 Å². The molecule has 136 valence electrons. The third kappa shape index (κ3) is 3.55. The van der Waals surface area contributed by atoms with E-state index in [0.29, 0.717) is 17.9 Å². The van der Waals surface area contributed by atoms with E-state index in [-0.39, 0.29) is 22.8 Å². The van der Waals surface area contributed by atoms with Gasteiger partial charge in [-0.15, -0.1) is 0 Å². The Balaban J connectivity index is 1.45. The van der Waals surface area contributed by atoms with Gasteiger partial charge in [0.1, 0.15) is 17.5 Å². The zero-order chi connectivity index (χ0) is 18.8. The zero-order valence-corrected chi connectivity index (χ0v) is 15.1. The largest absolute Gasteiger partial charge is 0.353 e. The molecule has 1 amide bonds. The number of rotatable bonds is 3. The van der Waals surface area contributed by atoms with Crippen LogP contribution in [0.25, 0.3) is 5.65 Å². The van der Waals surface area contributed by atoms with Gasteiger partial charge in [0.15, 0.2) is 10.8 Å². The zero-order valence-electron chi connectivity index (χ0n) is 14.3. The van der Waals surface area contributed by atoms with Gasteiger partial charge in [0.2, 0.25) is 0 Å². The Kier molecular flexibility index (Phi) is 4.60. The number of amides is 1. The summed E-state index contributed by atoms with van der Waals surface area (Å²) in [5, 5.41) is 12.1. The van der Waals surface area contributed by atoms with E-state index >= 15 is 0 Å². The van der Waals surface area contributed by atoms with Gasteiger partial charge in [-0.1, -0.05) is 11.6 Å². The summed E-state index contributed by atoms with van der Waals surface area (Å²) in [6.07, 6.45) is 8.60. The van der Waals surface area contributed by atoms with Crippen molar-refractivity contribution in [1.82, 2.24) is 24.7 Å². The average Bonchev–Trinajstić information content (AvgIpc) is 3.16. The van der Waals surface area contributed by atoms with E-state index in [4.69, 9.17) is 16.9 Å². The van der Waals surface area contributed by atoms with E-state index in [1.54, 1.807) is 24.7 Å². The van der Waals surface area contributed by atoms with Crippen molar-refractivity contribution in [3.8, 4) is 6.07 Å². The molecule has 1 aliphatic heterocycles. The summed E-state index contributed by atoms with van der Waals surface area (Å²) in [5.41, 5.74) is 1.49. The van der Waals surface area contributed by atoms with E-state index in [1.165, 1.54) is 0 Å². The van der Waals surface area contributed by atoms with Crippen molar-refractivity contribution >= 4 is 29.0 Å². The number of carbonyl (C=O) groups excluding carboxylic acids is 1. The molecular weight excluding hydrogens is 366 g/mol. The standard InChI is InChI=1S/C18H16ClN7O/c19-17-14(8-20)22-9-16(24-17)25-6-1-2-13(11-25)23-18(27)12-3-4-15-21-5-7-26(15)10-12/h3-5,7,9-10,13H,1-2,6,11H2,(H,23,27). The number of hydrogen-bond donors (Lipinski definition) is 1. The van der Waals surface area contributed by atoms with Crippen molar-refractivity contribution in [2.75, 3.05) is 18.0 Å². The van der Waals surface area contributed by atoms with Gasteiger partial charge in [-0.05, 0) is 25.0 Å². The SMILES string of the molecule is N#Cc1ncc(N2CCCC(NC(=O)c3ccc4nccn4c3)C2)nc1Cl. The topological polar surface area (TPSA) is 99.2 Å². The molecule has 8 nitrogen and oxygen atoms in total. The van der Waals surface area contributed by atoms with Crippen molar-refractivity contribution in [3.05, 3.63) is 53.3 Å². The Hall–Kier alpha value is -3.18. The van der Waals surface area contributed by atoms with E-state index in [1.807, 2.05) is 27.6 Å². The number of imidazole rings is 1. The Bertz CT molecular complexity index is 1040. The highest BCUT2D eigenvalue weighted by Crippen LogP contribution is 2.20. The summed E-state index contributed by atoms with van der Waals surface area (Å²) in [4.78, 5) is 27.1. The number of anilines is 1. The van der Waals surface area contributed by atoms with Gasteiger partial charge in [-0.2, -0.15) is 5.26 Å². The molecule has 3 aromatic heterocycles. The van der Waals surface area contributed by atoms with Crippen molar-refractivity contribution in [2.24, 2.45) is 0 Å². The second kappa shape index (κ2) is 7.21. The first-order chi connectivity index (χ1) is 13.1. The number of halogens is 1. The molecule has 27 heavy (non-hydrogen) atoms. The van der Waals surface area contributed by atoms with Gasteiger partial charge in [0, 0.05) is 37.7 Å². The number of piperidine rings is 1. The summed E-state index contributed by atoms with van der Waals surface area (Å²) < 4.78 is 1.82. The van der Waals surface area contributed by atoms with Crippen molar-refractivity contribution < 1.29 is 4.79 Å². The lowest BCUT2D eigenvalue weighted by atomic mass is 10.1. The van der Waals surface area contributed by atoms with Gasteiger partial charge < -0.3 is 14.6 Å². The van der Waals surface area contributed by atoms with Crippen LogP contribution in [-0.4, -0.2) is 44.4 Å². The molecule has 1 unspecified atom stereocenters. The Morgan fingerprint density at radius 1 is 1.37 bits per heavy atom. The van der Waals surface area contributed by atoms with Crippen LogP contribution in [0.2, 0.25) is 5.15 Å². The second-order valence-corrected chi connectivity index (χ2v) is 6.71.